The Hall–Kier alpha value is -3.35. The van der Waals surface area contributed by atoms with Crippen LogP contribution in [0.2, 0.25) is 0 Å². The van der Waals surface area contributed by atoms with Gasteiger partial charge in [0.15, 0.2) is 0 Å². The van der Waals surface area contributed by atoms with Gasteiger partial charge in [-0.25, -0.2) is 4.79 Å². The van der Waals surface area contributed by atoms with Gasteiger partial charge in [-0.2, -0.15) is 0 Å². The number of hydrogen-bond acceptors (Lipinski definition) is 4. The minimum Gasteiger partial charge on any atom is -0.444 e. The molecule has 0 radical (unpaired) electrons. The molecule has 7 heteroatoms. The van der Waals surface area contributed by atoms with E-state index in [-0.39, 0.29) is 18.2 Å². The number of carbonyl (C=O) groups is 3. The van der Waals surface area contributed by atoms with Crippen LogP contribution in [-0.2, 0) is 20.7 Å². The number of carbonyl (C=O) groups excluding carboxylic acids is 3. The lowest BCUT2D eigenvalue weighted by Gasteiger charge is -2.35. The van der Waals surface area contributed by atoms with E-state index in [0.29, 0.717) is 13.1 Å². The molecule has 0 aliphatic rings. The van der Waals surface area contributed by atoms with E-state index in [1.165, 1.54) is 0 Å². The van der Waals surface area contributed by atoms with Gasteiger partial charge in [0.05, 0.1) is 0 Å². The van der Waals surface area contributed by atoms with E-state index in [1.54, 1.807) is 25.7 Å². The van der Waals surface area contributed by atoms with Crippen LogP contribution in [0, 0.1) is 13.8 Å². The van der Waals surface area contributed by atoms with Gasteiger partial charge in [0.25, 0.3) is 0 Å². The maximum atomic E-state index is 14.5. The largest absolute Gasteiger partial charge is 0.444 e. The Morgan fingerprint density at radius 2 is 1.54 bits per heavy atom. The van der Waals surface area contributed by atoms with Gasteiger partial charge in [0.1, 0.15) is 17.7 Å². The standard InChI is InChI=1S/C34H51N3O4/c1-8-10-15-21-35-31(38)30(28-20-19-25(3)26(4)23-28)37(22-16-11-9-2)32(39)29(24-27-17-13-12-14-18-27)36-33(40)41-34(5,6)7/h12-14,17-20,23,29-30H,8-11,15-16,21-22,24H2,1-7H3,(H,35,38)(H,36,40). The second-order valence-electron chi connectivity index (χ2n) is 11.9. The summed E-state index contributed by atoms with van der Waals surface area (Å²) >= 11 is 0. The summed E-state index contributed by atoms with van der Waals surface area (Å²) in [6.07, 6.45) is 5.21. The third kappa shape index (κ3) is 11.6. The van der Waals surface area contributed by atoms with Crippen molar-refractivity contribution in [3.63, 3.8) is 0 Å². The van der Waals surface area contributed by atoms with E-state index in [9.17, 15) is 14.4 Å². The average Bonchev–Trinajstić information content (AvgIpc) is 2.91. The summed E-state index contributed by atoms with van der Waals surface area (Å²) in [4.78, 5) is 42.9. The first-order chi connectivity index (χ1) is 19.5. The molecule has 41 heavy (non-hydrogen) atoms. The predicted octanol–water partition coefficient (Wildman–Crippen LogP) is 6.81. The number of benzene rings is 2. The lowest BCUT2D eigenvalue weighted by molar-refractivity contribution is -0.142. The third-order valence-corrected chi connectivity index (χ3v) is 7.04. The normalized spacial score (nSPS) is 12.8. The van der Waals surface area contributed by atoms with E-state index >= 15 is 0 Å². The Morgan fingerprint density at radius 3 is 2.15 bits per heavy atom. The van der Waals surface area contributed by atoms with Crippen LogP contribution in [-0.4, -0.2) is 47.5 Å². The van der Waals surface area contributed by atoms with Gasteiger partial charge in [0, 0.05) is 19.5 Å². The van der Waals surface area contributed by atoms with E-state index in [2.05, 4.69) is 24.5 Å². The minimum absolute atomic E-state index is 0.204. The van der Waals surface area contributed by atoms with Crippen molar-refractivity contribution in [2.45, 2.75) is 111 Å². The highest BCUT2D eigenvalue weighted by Gasteiger charge is 2.36. The molecule has 2 aromatic carbocycles. The maximum Gasteiger partial charge on any atom is 0.408 e. The molecule has 2 unspecified atom stereocenters. The fourth-order valence-electron chi connectivity index (χ4n) is 4.69. The van der Waals surface area contributed by atoms with E-state index in [0.717, 1.165) is 60.8 Å². The van der Waals surface area contributed by atoms with E-state index in [1.807, 2.05) is 62.4 Å². The van der Waals surface area contributed by atoms with Gasteiger partial charge < -0.3 is 20.3 Å². The second kappa shape index (κ2) is 16.8. The molecule has 0 aliphatic heterocycles. The number of unbranched alkanes of at least 4 members (excludes halogenated alkanes) is 4. The molecule has 0 aliphatic carbocycles. The van der Waals surface area contributed by atoms with Crippen LogP contribution < -0.4 is 10.6 Å². The Kier molecular flexibility index (Phi) is 13.9. The molecule has 0 saturated heterocycles. The summed E-state index contributed by atoms with van der Waals surface area (Å²) in [6, 6.07) is 13.8. The Morgan fingerprint density at radius 1 is 0.878 bits per heavy atom. The zero-order chi connectivity index (χ0) is 30.4. The maximum absolute atomic E-state index is 14.5. The number of nitrogens with one attached hydrogen (secondary N) is 2. The molecular formula is C34H51N3O4. The first-order valence-corrected chi connectivity index (χ1v) is 15.2. The number of nitrogens with zero attached hydrogens (tertiary/aromatic N) is 1. The van der Waals surface area contributed by atoms with Gasteiger partial charge in [-0.05, 0) is 69.7 Å². The molecule has 3 amide bonds. The molecule has 0 fully saturated rings. The van der Waals surface area contributed by atoms with Crippen molar-refractivity contribution >= 4 is 17.9 Å². The Labute approximate surface area is 247 Å². The smallest absolute Gasteiger partial charge is 0.408 e. The van der Waals surface area contributed by atoms with Gasteiger partial charge >= 0.3 is 6.09 Å². The van der Waals surface area contributed by atoms with Crippen LogP contribution in [0.5, 0.6) is 0 Å². The topological polar surface area (TPSA) is 87.7 Å². The number of rotatable bonds is 15. The third-order valence-electron chi connectivity index (χ3n) is 7.04. The fourth-order valence-corrected chi connectivity index (χ4v) is 4.69. The predicted molar refractivity (Wildman–Crippen MR) is 166 cm³/mol. The summed E-state index contributed by atoms with van der Waals surface area (Å²) in [5, 5.41) is 5.93. The molecule has 226 valence electrons. The molecule has 0 spiro atoms. The van der Waals surface area contributed by atoms with Crippen molar-refractivity contribution in [3.05, 3.63) is 70.8 Å². The fraction of sp³-hybridized carbons (Fsp3) is 0.559. The van der Waals surface area contributed by atoms with Crippen LogP contribution in [0.4, 0.5) is 4.79 Å². The van der Waals surface area contributed by atoms with Crippen LogP contribution >= 0.6 is 0 Å². The van der Waals surface area contributed by atoms with Gasteiger partial charge in [-0.1, -0.05) is 88.1 Å². The molecule has 2 rings (SSSR count). The van der Waals surface area contributed by atoms with Crippen molar-refractivity contribution in [1.29, 1.82) is 0 Å². The van der Waals surface area contributed by atoms with E-state index in [4.69, 9.17) is 4.74 Å². The highest BCUT2D eigenvalue weighted by molar-refractivity contribution is 5.92. The molecule has 0 heterocycles. The SMILES string of the molecule is CCCCCNC(=O)C(c1ccc(C)c(C)c1)N(CCCCC)C(=O)C(Cc1ccccc1)NC(=O)OC(C)(C)C. The van der Waals surface area contributed by atoms with Gasteiger partial charge in [-0.15, -0.1) is 0 Å². The summed E-state index contributed by atoms with van der Waals surface area (Å²) in [5.41, 5.74) is 3.13. The number of amides is 3. The molecule has 0 aromatic heterocycles. The first kappa shape index (κ1) is 33.9. The molecule has 2 aromatic rings. The zero-order valence-electron chi connectivity index (χ0n) is 26.2. The first-order valence-electron chi connectivity index (χ1n) is 15.2. The highest BCUT2D eigenvalue weighted by Crippen LogP contribution is 2.26. The minimum atomic E-state index is -0.907. The summed E-state index contributed by atoms with van der Waals surface area (Å²) in [7, 11) is 0. The molecule has 7 nitrogen and oxygen atoms in total. The van der Waals surface area contributed by atoms with Crippen molar-refractivity contribution in [2.24, 2.45) is 0 Å². The monoisotopic (exact) mass is 565 g/mol. The van der Waals surface area contributed by atoms with Gasteiger partial charge in [-0.3, -0.25) is 9.59 Å². The van der Waals surface area contributed by atoms with E-state index < -0.39 is 23.8 Å². The number of aryl methyl sites for hydroxylation is 2. The quantitative estimate of drug-likeness (QED) is 0.232. The van der Waals surface area contributed by atoms with Gasteiger partial charge in [0.2, 0.25) is 11.8 Å². The van der Waals surface area contributed by atoms with Crippen LogP contribution in [0.15, 0.2) is 48.5 Å². The second-order valence-corrected chi connectivity index (χ2v) is 11.9. The lowest BCUT2D eigenvalue weighted by atomic mass is 9.97. The zero-order valence-corrected chi connectivity index (χ0v) is 26.2. The summed E-state index contributed by atoms with van der Waals surface area (Å²) in [6.45, 7) is 14.6. The molecule has 0 saturated carbocycles. The van der Waals surface area contributed by atoms with Crippen LogP contribution in [0.3, 0.4) is 0 Å². The molecule has 2 atom stereocenters. The highest BCUT2D eigenvalue weighted by atomic mass is 16.6. The Bertz CT molecular complexity index is 1110. The average molecular weight is 566 g/mol. The van der Waals surface area contributed by atoms with Crippen molar-refractivity contribution in [3.8, 4) is 0 Å². The van der Waals surface area contributed by atoms with Crippen LogP contribution in [0.1, 0.15) is 101 Å². The molecule has 0 bridgehead atoms. The van der Waals surface area contributed by atoms with Crippen molar-refractivity contribution in [1.82, 2.24) is 15.5 Å². The van der Waals surface area contributed by atoms with Crippen molar-refractivity contribution < 1.29 is 19.1 Å². The number of alkyl carbamates (subject to hydrolysis) is 1. The molecular weight excluding hydrogens is 514 g/mol. The van der Waals surface area contributed by atoms with Crippen molar-refractivity contribution in [2.75, 3.05) is 13.1 Å². The Balaban J connectivity index is 2.53. The lowest BCUT2D eigenvalue weighted by Crippen LogP contribution is -2.54. The molecule has 2 N–H and O–H groups in total. The number of ether oxygens (including phenoxy) is 1. The van der Waals surface area contributed by atoms with Crippen LogP contribution in [0.25, 0.3) is 0 Å². The number of hydrogen-bond donors (Lipinski definition) is 2. The summed E-state index contributed by atoms with van der Waals surface area (Å²) in [5.74, 6) is -0.507. The summed E-state index contributed by atoms with van der Waals surface area (Å²) < 4.78 is 5.53.